The second-order valence-electron chi connectivity index (χ2n) is 8.18. The first-order valence-corrected chi connectivity index (χ1v) is 10.8. The van der Waals surface area contributed by atoms with Crippen LogP contribution in [0.5, 0.6) is 0 Å². The van der Waals surface area contributed by atoms with E-state index in [0.29, 0.717) is 33.7 Å². The highest BCUT2D eigenvalue weighted by atomic mass is 127. The Labute approximate surface area is 167 Å². The van der Waals surface area contributed by atoms with Gasteiger partial charge in [-0.3, -0.25) is 0 Å². The number of rotatable bonds is 3. The zero-order chi connectivity index (χ0) is 17.3. The fourth-order valence-electron chi connectivity index (χ4n) is 6.01. The van der Waals surface area contributed by atoms with Gasteiger partial charge in [0, 0.05) is 22.2 Å². The van der Waals surface area contributed by atoms with Crippen molar-refractivity contribution in [3.8, 4) is 0 Å². The van der Waals surface area contributed by atoms with Crippen LogP contribution in [-0.4, -0.2) is 15.8 Å². The van der Waals surface area contributed by atoms with Crippen LogP contribution >= 0.6 is 22.6 Å². The fraction of sp³-hybridized carbons (Fsp3) is 0.391. The van der Waals surface area contributed by atoms with E-state index in [0.717, 1.165) is 12.2 Å². The molecular weight excluding hydrogens is 435 g/mol. The summed E-state index contributed by atoms with van der Waals surface area (Å²) in [5.74, 6) is 3.09. The van der Waals surface area contributed by atoms with Crippen LogP contribution < -0.4 is 0 Å². The van der Waals surface area contributed by atoms with E-state index in [1.807, 2.05) is 0 Å². The van der Waals surface area contributed by atoms with Crippen LogP contribution in [0.3, 0.4) is 0 Å². The van der Waals surface area contributed by atoms with Gasteiger partial charge in [-0.25, -0.2) is 0 Å². The van der Waals surface area contributed by atoms with Crippen molar-refractivity contribution in [2.75, 3.05) is 0 Å². The van der Waals surface area contributed by atoms with Gasteiger partial charge in [-0.1, -0.05) is 83.3 Å². The third-order valence-electron chi connectivity index (χ3n) is 6.86. The summed E-state index contributed by atoms with van der Waals surface area (Å²) in [5, 5.41) is 0. The van der Waals surface area contributed by atoms with Gasteiger partial charge in [0.2, 0.25) is 5.79 Å². The molecule has 2 heterocycles. The van der Waals surface area contributed by atoms with E-state index in [-0.39, 0.29) is 0 Å². The lowest BCUT2D eigenvalue weighted by Gasteiger charge is -2.30. The lowest BCUT2D eigenvalue weighted by atomic mass is 9.76. The van der Waals surface area contributed by atoms with Gasteiger partial charge >= 0.3 is 0 Å². The summed E-state index contributed by atoms with van der Waals surface area (Å²) in [5.41, 5.74) is 2.53. The van der Waals surface area contributed by atoms with Crippen LogP contribution in [0.4, 0.5) is 0 Å². The molecule has 2 aromatic rings. The third kappa shape index (κ3) is 2.07. The standard InChI is InChI=1S/C23H21IO2/c24-21-16-12-17-20-19(16)18(11-14-7-3-1-4-8-14)25-23(20,26-22(17)21)13-15-9-5-2-6-10-15/h1-11,16-17,19-22H,12-13H2/b18-11-/t16-,17+,19+,20+,21-,22-,23+/m0/s1. The predicted molar refractivity (Wildman–Crippen MR) is 110 cm³/mol. The number of halogens is 1. The van der Waals surface area contributed by atoms with Crippen molar-refractivity contribution in [1.82, 2.24) is 0 Å². The summed E-state index contributed by atoms with van der Waals surface area (Å²) < 4.78 is 14.0. The molecule has 3 heteroatoms. The molecule has 4 aliphatic rings. The lowest BCUT2D eigenvalue weighted by Crippen LogP contribution is -2.37. The summed E-state index contributed by atoms with van der Waals surface area (Å²) in [4.78, 5) is 0. The molecule has 132 valence electrons. The molecule has 2 aromatic carbocycles. The zero-order valence-corrected chi connectivity index (χ0v) is 16.6. The molecule has 0 unspecified atom stereocenters. The highest BCUT2D eigenvalue weighted by Crippen LogP contribution is 2.71. The predicted octanol–water partition coefficient (Wildman–Crippen LogP) is 5.08. The second kappa shape index (κ2) is 5.59. The normalized spacial score (nSPS) is 43.2. The maximum atomic E-state index is 6.73. The molecule has 2 saturated heterocycles. The smallest absolute Gasteiger partial charge is 0.218 e. The first kappa shape index (κ1) is 15.7. The molecule has 7 atom stereocenters. The van der Waals surface area contributed by atoms with Gasteiger partial charge in [-0.2, -0.15) is 0 Å². The van der Waals surface area contributed by atoms with Crippen LogP contribution in [0, 0.1) is 23.7 Å². The Morgan fingerprint density at radius 2 is 1.73 bits per heavy atom. The largest absolute Gasteiger partial charge is 0.466 e. The Morgan fingerprint density at radius 1 is 1.00 bits per heavy atom. The molecule has 0 N–H and O–H groups in total. The van der Waals surface area contributed by atoms with Crippen LogP contribution in [0.15, 0.2) is 66.4 Å². The molecular formula is C23H21IO2. The van der Waals surface area contributed by atoms with Gasteiger partial charge in [-0.15, -0.1) is 0 Å². The highest BCUT2D eigenvalue weighted by molar-refractivity contribution is 14.1. The second-order valence-corrected chi connectivity index (χ2v) is 9.61. The monoisotopic (exact) mass is 456 g/mol. The minimum absolute atomic E-state index is 0.379. The average Bonchev–Trinajstić information content (AvgIpc) is 3.34. The van der Waals surface area contributed by atoms with Crippen molar-refractivity contribution in [3.05, 3.63) is 77.5 Å². The number of hydrogen-bond acceptors (Lipinski definition) is 2. The maximum Gasteiger partial charge on any atom is 0.218 e. The first-order valence-electron chi connectivity index (χ1n) is 9.57. The Hall–Kier alpha value is -1.33. The molecule has 2 aliphatic heterocycles. The molecule has 0 aromatic heterocycles. The van der Waals surface area contributed by atoms with Crippen molar-refractivity contribution in [2.45, 2.75) is 28.7 Å². The van der Waals surface area contributed by atoms with Gasteiger partial charge in [0.25, 0.3) is 0 Å². The number of allylic oxidation sites excluding steroid dienone is 1. The number of benzene rings is 2. The summed E-state index contributed by atoms with van der Waals surface area (Å²) >= 11 is 2.64. The van der Waals surface area contributed by atoms with Gasteiger partial charge < -0.3 is 9.47 Å². The van der Waals surface area contributed by atoms with E-state index in [2.05, 4.69) is 89.3 Å². The van der Waals surface area contributed by atoms with Crippen LogP contribution in [-0.2, 0) is 15.9 Å². The van der Waals surface area contributed by atoms with Crippen molar-refractivity contribution in [3.63, 3.8) is 0 Å². The Morgan fingerprint density at radius 3 is 2.50 bits per heavy atom. The number of fused-ring (bicyclic) bond motifs is 2. The Bertz CT molecular complexity index is 864. The van der Waals surface area contributed by atoms with E-state index in [1.165, 1.54) is 17.5 Å². The summed E-state index contributed by atoms with van der Waals surface area (Å²) in [6.07, 6.45) is 4.80. The molecule has 2 saturated carbocycles. The van der Waals surface area contributed by atoms with Gasteiger partial charge in [0.15, 0.2) is 0 Å². The lowest BCUT2D eigenvalue weighted by molar-refractivity contribution is -0.196. The van der Waals surface area contributed by atoms with Crippen molar-refractivity contribution < 1.29 is 9.47 Å². The summed E-state index contributed by atoms with van der Waals surface area (Å²) in [6.45, 7) is 0. The summed E-state index contributed by atoms with van der Waals surface area (Å²) in [7, 11) is 0. The molecule has 26 heavy (non-hydrogen) atoms. The molecule has 2 bridgehead atoms. The van der Waals surface area contributed by atoms with Crippen LogP contribution in [0.1, 0.15) is 17.5 Å². The molecule has 0 spiro atoms. The zero-order valence-electron chi connectivity index (χ0n) is 14.4. The van der Waals surface area contributed by atoms with E-state index in [9.17, 15) is 0 Å². The fourth-order valence-corrected chi connectivity index (χ4v) is 7.43. The Balaban J connectivity index is 1.43. The molecule has 2 nitrogen and oxygen atoms in total. The topological polar surface area (TPSA) is 18.5 Å². The minimum Gasteiger partial charge on any atom is -0.466 e. The molecule has 2 aliphatic carbocycles. The molecule has 0 radical (unpaired) electrons. The number of ether oxygens (including phenoxy) is 2. The summed E-state index contributed by atoms with van der Waals surface area (Å²) in [6, 6.07) is 21.3. The van der Waals surface area contributed by atoms with Crippen LogP contribution in [0.25, 0.3) is 6.08 Å². The van der Waals surface area contributed by atoms with Crippen LogP contribution in [0.2, 0.25) is 0 Å². The number of hydrogen-bond donors (Lipinski definition) is 0. The van der Waals surface area contributed by atoms with Crippen molar-refractivity contribution >= 4 is 28.7 Å². The Kier molecular flexibility index (Phi) is 3.37. The van der Waals surface area contributed by atoms with Gasteiger partial charge in [0.1, 0.15) is 5.76 Å². The highest BCUT2D eigenvalue weighted by Gasteiger charge is 2.75. The van der Waals surface area contributed by atoms with Crippen molar-refractivity contribution in [1.29, 1.82) is 0 Å². The maximum absolute atomic E-state index is 6.73. The van der Waals surface area contributed by atoms with E-state index in [4.69, 9.17) is 9.47 Å². The number of alkyl halides is 1. The van der Waals surface area contributed by atoms with Gasteiger partial charge in [0.05, 0.1) is 6.10 Å². The third-order valence-corrected chi connectivity index (χ3v) is 8.50. The van der Waals surface area contributed by atoms with E-state index in [1.54, 1.807) is 0 Å². The SMILES string of the molecule is I[C@H]1[C@H]2C[C@H]3[C@@H]1O[C@@]1(Cc4ccccc4)O/C(=C\c4ccccc4)[C@@H]2[C@@H]31. The first-order chi connectivity index (χ1) is 12.8. The van der Waals surface area contributed by atoms with E-state index < -0.39 is 5.79 Å². The quantitative estimate of drug-likeness (QED) is 0.474. The molecule has 4 fully saturated rings. The van der Waals surface area contributed by atoms with E-state index >= 15 is 0 Å². The minimum atomic E-state index is -0.462. The average molecular weight is 456 g/mol. The van der Waals surface area contributed by atoms with Crippen molar-refractivity contribution in [2.24, 2.45) is 23.7 Å². The molecule has 0 amide bonds. The van der Waals surface area contributed by atoms with Gasteiger partial charge in [-0.05, 0) is 35.5 Å². The molecule has 6 rings (SSSR count).